The SMILES string of the molecule is Cc1c(CNC(=O)[C@H]2CC[C@@H](O)[C@H](Nc3ccnc(N)n3)C2)oc2ccccc12.O=CO. The fraction of sp³-hybridized carbons (Fsp3) is 0.364. The normalized spacial score (nSPS) is 20.1. The van der Waals surface area contributed by atoms with Crippen LogP contribution in [-0.4, -0.2) is 44.7 Å². The zero-order chi connectivity index (χ0) is 23.1. The molecule has 3 atom stereocenters. The summed E-state index contributed by atoms with van der Waals surface area (Å²) in [5.74, 6) is 1.24. The molecule has 1 aliphatic rings. The number of amides is 1. The summed E-state index contributed by atoms with van der Waals surface area (Å²) in [6, 6.07) is 9.25. The molecule has 10 nitrogen and oxygen atoms in total. The van der Waals surface area contributed by atoms with E-state index in [1.807, 2.05) is 31.2 Å². The zero-order valence-corrected chi connectivity index (χ0v) is 17.7. The predicted octanol–water partition coefficient (Wildman–Crippen LogP) is 2.07. The predicted molar refractivity (Wildman–Crippen MR) is 119 cm³/mol. The van der Waals surface area contributed by atoms with Gasteiger partial charge in [-0.25, -0.2) is 4.98 Å². The summed E-state index contributed by atoms with van der Waals surface area (Å²) < 4.78 is 5.87. The van der Waals surface area contributed by atoms with Crippen LogP contribution < -0.4 is 16.4 Å². The molecule has 10 heteroatoms. The molecule has 0 radical (unpaired) electrons. The third-order valence-corrected chi connectivity index (χ3v) is 5.56. The molecule has 1 saturated carbocycles. The molecule has 0 bridgehead atoms. The Hall–Kier alpha value is -3.66. The number of aliphatic hydroxyl groups excluding tert-OH is 1. The van der Waals surface area contributed by atoms with Gasteiger partial charge in [0, 0.05) is 23.1 Å². The molecule has 170 valence electrons. The minimum Gasteiger partial charge on any atom is -0.483 e. The van der Waals surface area contributed by atoms with Crippen molar-refractivity contribution in [1.82, 2.24) is 15.3 Å². The van der Waals surface area contributed by atoms with Gasteiger partial charge in [0.15, 0.2) is 0 Å². The number of furan rings is 1. The maximum atomic E-state index is 12.7. The molecule has 2 heterocycles. The van der Waals surface area contributed by atoms with Gasteiger partial charge in [0.25, 0.3) is 6.47 Å². The topological polar surface area (TPSA) is 164 Å². The molecule has 0 unspecified atom stereocenters. The number of hydrogen-bond donors (Lipinski definition) is 5. The van der Waals surface area contributed by atoms with E-state index in [4.69, 9.17) is 20.1 Å². The van der Waals surface area contributed by atoms with Gasteiger partial charge in [-0.2, -0.15) is 4.98 Å². The smallest absolute Gasteiger partial charge is 0.290 e. The van der Waals surface area contributed by atoms with Crippen LogP contribution in [0.25, 0.3) is 11.0 Å². The number of carbonyl (C=O) groups is 2. The maximum Gasteiger partial charge on any atom is 0.290 e. The van der Waals surface area contributed by atoms with E-state index < -0.39 is 6.10 Å². The number of carboxylic acid groups (broad SMARTS) is 1. The minimum atomic E-state index is -0.548. The van der Waals surface area contributed by atoms with Crippen LogP contribution in [0.15, 0.2) is 40.9 Å². The third kappa shape index (κ3) is 5.52. The average Bonchev–Trinajstić information content (AvgIpc) is 3.10. The number of aryl methyl sites for hydroxylation is 1. The summed E-state index contributed by atoms with van der Waals surface area (Å²) in [5.41, 5.74) is 7.48. The number of para-hydroxylation sites is 1. The van der Waals surface area contributed by atoms with Crippen molar-refractivity contribution in [2.45, 2.75) is 44.9 Å². The van der Waals surface area contributed by atoms with Gasteiger partial charge >= 0.3 is 0 Å². The molecular weight excluding hydrogens is 414 g/mol. The van der Waals surface area contributed by atoms with Crippen LogP contribution in [0.2, 0.25) is 0 Å². The molecule has 1 aliphatic carbocycles. The van der Waals surface area contributed by atoms with Crippen LogP contribution in [0.5, 0.6) is 0 Å². The number of hydrogen-bond acceptors (Lipinski definition) is 8. The lowest BCUT2D eigenvalue weighted by Gasteiger charge is -2.33. The van der Waals surface area contributed by atoms with Crippen molar-refractivity contribution in [1.29, 1.82) is 0 Å². The van der Waals surface area contributed by atoms with Crippen molar-refractivity contribution in [3.05, 3.63) is 47.9 Å². The molecule has 0 saturated heterocycles. The quantitative estimate of drug-likeness (QED) is 0.373. The summed E-state index contributed by atoms with van der Waals surface area (Å²) >= 11 is 0. The number of carbonyl (C=O) groups excluding carboxylic acids is 1. The van der Waals surface area contributed by atoms with E-state index in [0.29, 0.717) is 31.6 Å². The maximum absolute atomic E-state index is 12.7. The first-order chi connectivity index (χ1) is 15.4. The standard InChI is InChI=1S/C21H25N5O3.CH2O2/c1-12-14-4-2-3-5-17(14)29-18(12)11-24-20(28)13-6-7-16(27)15(10-13)25-19-8-9-23-21(22)26-19;2-1-3/h2-5,8-9,13,15-16,27H,6-7,10-11H2,1H3,(H,24,28)(H3,22,23,25,26);1H,(H,2,3)/t13-,15+,16+;/m0./s1. The fourth-order valence-corrected chi connectivity index (χ4v) is 3.90. The highest BCUT2D eigenvalue weighted by molar-refractivity contribution is 5.82. The van der Waals surface area contributed by atoms with Crippen molar-refractivity contribution in [3.8, 4) is 0 Å². The minimum absolute atomic E-state index is 0.0363. The van der Waals surface area contributed by atoms with Crippen molar-refractivity contribution >= 4 is 35.1 Å². The molecule has 4 rings (SSSR count). The van der Waals surface area contributed by atoms with Crippen molar-refractivity contribution in [2.75, 3.05) is 11.1 Å². The summed E-state index contributed by atoms with van der Waals surface area (Å²) in [5, 5.41) is 24.5. The summed E-state index contributed by atoms with van der Waals surface area (Å²) in [6.45, 7) is 2.09. The second-order valence-corrected chi connectivity index (χ2v) is 7.60. The first-order valence-electron chi connectivity index (χ1n) is 10.3. The second-order valence-electron chi connectivity index (χ2n) is 7.60. The van der Waals surface area contributed by atoms with Crippen LogP contribution in [-0.2, 0) is 16.1 Å². The van der Waals surface area contributed by atoms with Crippen molar-refractivity contribution in [3.63, 3.8) is 0 Å². The number of nitrogens with one attached hydrogen (secondary N) is 2. The number of nitrogens with zero attached hydrogens (tertiary/aromatic N) is 2. The van der Waals surface area contributed by atoms with Gasteiger partial charge in [-0.15, -0.1) is 0 Å². The average molecular weight is 441 g/mol. The van der Waals surface area contributed by atoms with Crippen LogP contribution in [0.1, 0.15) is 30.6 Å². The number of aliphatic hydroxyl groups is 1. The molecule has 1 aromatic carbocycles. The summed E-state index contributed by atoms with van der Waals surface area (Å²) in [4.78, 5) is 29.1. The molecule has 0 spiro atoms. The van der Waals surface area contributed by atoms with Gasteiger partial charge in [-0.1, -0.05) is 18.2 Å². The Labute approximate surface area is 184 Å². The number of nitrogens with two attached hydrogens (primary N) is 1. The molecule has 1 fully saturated rings. The van der Waals surface area contributed by atoms with E-state index in [2.05, 4.69) is 20.6 Å². The molecule has 6 N–H and O–H groups in total. The Kier molecular flexibility index (Phi) is 7.61. The molecule has 32 heavy (non-hydrogen) atoms. The highest BCUT2D eigenvalue weighted by Gasteiger charge is 2.33. The Morgan fingerprint density at radius 1 is 1.31 bits per heavy atom. The fourth-order valence-electron chi connectivity index (χ4n) is 3.90. The Morgan fingerprint density at radius 3 is 2.78 bits per heavy atom. The summed E-state index contributed by atoms with van der Waals surface area (Å²) in [7, 11) is 0. The number of nitrogen functional groups attached to an aromatic ring is 1. The van der Waals surface area contributed by atoms with E-state index in [0.717, 1.165) is 22.3 Å². The second kappa shape index (κ2) is 10.6. The Morgan fingerprint density at radius 2 is 2.06 bits per heavy atom. The first kappa shape index (κ1) is 23.0. The third-order valence-electron chi connectivity index (χ3n) is 5.56. The van der Waals surface area contributed by atoms with Gasteiger partial charge in [-0.3, -0.25) is 9.59 Å². The van der Waals surface area contributed by atoms with Crippen LogP contribution in [0.3, 0.4) is 0 Å². The van der Waals surface area contributed by atoms with Gasteiger partial charge in [0.05, 0.1) is 18.7 Å². The van der Waals surface area contributed by atoms with Crippen LogP contribution >= 0.6 is 0 Å². The molecular formula is C22H27N5O5. The van der Waals surface area contributed by atoms with Gasteiger partial charge in [-0.05, 0) is 38.3 Å². The molecule has 3 aromatic rings. The number of anilines is 2. The lowest BCUT2D eigenvalue weighted by Crippen LogP contribution is -2.44. The number of benzene rings is 1. The summed E-state index contributed by atoms with van der Waals surface area (Å²) in [6.07, 6.45) is 2.69. The Balaban J connectivity index is 0.000000913. The molecule has 1 amide bonds. The van der Waals surface area contributed by atoms with Crippen LogP contribution in [0.4, 0.5) is 11.8 Å². The number of aromatic nitrogens is 2. The number of fused-ring (bicyclic) bond motifs is 1. The van der Waals surface area contributed by atoms with Crippen molar-refractivity contribution < 1.29 is 24.2 Å². The first-order valence-corrected chi connectivity index (χ1v) is 10.3. The van der Waals surface area contributed by atoms with E-state index in [1.165, 1.54) is 0 Å². The Bertz CT molecular complexity index is 1070. The largest absolute Gasteiger partial charge is 0.483 e. The van der Waals surface area contributed by atoms with Gasteiger partial charge in [0.1, 0.15) is 17.2 Å². The van der Waals surface area contributed by atoms with Gasteiger partial charge < -0.3 is 31.0 Å². The van der Waals surface area contributed by atoms with E-state index in [1.54, 1.807) is 12.3 Å². The lowest BCUT2D eigenvalue weighted by molar-refractivity contribution is -0.127. The van der Waals surface area contributed by atoms with Gasteiger partial charge in [0.2, 0.25) is 11.9 Å². The highest BCUT2D eigenvalue weighted by Crippen LogP contribution is 2.28. The molecule has 0 aliphatic heterocycles. The monoisotopic (exact) mass is 441 g/mol. The van der Waals surface area contributed by atoms with E-state index in [9.17, 15) is 9.90 Å². The number of rotatable bonds is 5. The van der Waals surface area contributed by atoms with E-state index in [-0.39, 0.29) is 30.3 Å². The van der Waals surface area contributed by atoms with Crippen LogP contribution in [0, 0.1) is 12.8 Å². The lowest BCUT2D eigenvalue weighted by atomic mass is 9.83. The van der Waals surface area contributed by atoms with Crippen molar-refractivity contribution in [2.24, 2.45) is 5.92 Å². The van der Waals surface area contributed by atoms with E-state index >= 15 is 0 Å². The molecule has 2 aromatic heterocycles. The zero-order valence-electron chi connectivity index (χ0n) is 17.7. The highest BCUT2D eigenvalue weighted by atomic mass is 16.3.